The average Bonchev–Trinajstić information content (AvgIpc) is 2.49. The summed E-state index contributed by atoms with van der Waals surface area (Å²) in [6, 6.07) is 0. The molecule has 0 aromatic rings. The maximum absolute atomic E-state index is 7.50. The van der Waals surface area contributed by atoms with Gasteiger partial charge >= 0.3 is 33.9 Å². The van der Waals surface area contributed by atoms with Crippen LogP contribution in [0.25, 0.3) is 0 Å². The molecule has 3 nitrogen and oxygen atoms in total. The molecule has 0 amide bonds. The van der Waals surface area contributed by atoms with Crippen LogP contribution in [0.1, 0.15) is 0 Å². The van der Waals surface area contributed by atoms with Crippen molar-refractivity contribution in [2.24, 2.45) is 0 Å². The van der Waals surface area contributed by atoms with E-state index in [0.29, 0.717) is 47.5 Å². The summed E-state index contributed by atoms with van der Waals surface area (Å²) in [5, 5.41) is 0. The number of hydrogen-bond donors (Lipinski definition) is 0. The minimum Gasteiger partial charge on any atom is 0 e. The van der Waals surface area contributed by atoms with Gasteiger partial charge in [-0.15, -0.1) is 47.5 Å². The maximum Gasteiger partial charge on any atom is 0 e. The Morgan fingerprint density at radius 1 is 0.242 bits per heavy atom. The number of hydrogen-bond acceptors (Lipinski definition) is 0. The molecule has 0 aromatic heterocycles. The quantitative estimate of drug-likeness (QED) is 0.139. The first-order chi connectivity index (χ1) is 13.4. The Morgan fingerprint density at radius 3 is 0.242 bits per heavy atom. The summed E-state index contributed by atoms with van der Waals surface area (Å²) in [4.78, 5) is 0. The molecule has 0 saturated carbocycles. The van der Waals surface area contributed by atoms with Crippen molar-refractivity contribution in [1.82, 2.24) is 0 Å². The predicted octanol–water partition coefficient (Wildman–Crippen LogP) is 8.03. The van der Waals surface area contributed by atoms with Gasteiger partial charge in [-0.25, -0.2) is 0 Å². The SMILES string of the molecule is CP(C)C.CP(C)C.CP(C)C.CP(C)C.CP(C)C.CP(C)C.[C-]#[O+].[C-]#[O+].[C-]#[O+].[Co].[Co].[Co]. The fraction of sp³-hybridized carbons (Fsp3) is 0.857. The molecule has 0 rings (SSSR count). The van der Waals surface area contributed by atoms with Crippen LogP contribution in [0.4, 0.5) is 0 Å². The molecule has 0 aromatic carbocycles. The molecule has 0 atom stereocenters. The van der Waals surface area contributed by atoms with Crippen LogP contribution in [0, 0.1) is 20.0 Å². The van der Waals surface area contributed by atoms with E-state index in [1.54, 1.807) is 0 Å². The second kappa shape index (κ2) is 91.5. The summed E-state index contributed by atoms with van der Waals surface area (Å²) in [6.07, 6.45) is 0. The van der Waals surface area contributed by atoms with Gasteiger partial charge in [0, 0.05) is 50.3 Å². The van der Waals surface area contributed by atoms with Gasteiger partial charge in [-0.1, -0.05) is 0 Å². The molecule has 0 heterocycles. The third-order valence-corrected chi connectivity index (χ3v) is 0. The predicted molar refractivity (Wildman–Crippen MR) is 160 cm³/mol. The average molecular weight is 717 g/mol. The van der Waals surface area contributed by atoms with Crippen molar-refractivity contribution in [3.63, 3.8) is 0 Å². The summed E-state index contributed by atoms with van der Waals surface area (Å²) in [6.45, 7) is 53.7. The number of rotatable bonds is 0. The van der Waals surface area contributed by atoms with Gasteiger partial charge in [0.15, 0.2) is 0 Å². The molecule has 0 aliphatic rings. The third-order valence-electron chi connectivity index (χ3n) is 0. The molecule has 0 spiro atoms. The van der Waals surface area contributed by atoms with Crippen molar-refractivity contribution in [2.75, 3.05) is 120 Å². The van der Waals surface area contributed by atoms with Crippen LogP contribution in [0.3, 0.4) is 0 Å². The van der Waals surface area contributed by atoms with Gasteiger partial charge in [-0.2, -0.15) is 0 Å². The van der Waals surface area contributed by atoms with Crippen LogP contribution in [0.2, 0.25) is 0 Å². The van der Waals surface area contributed by atoms with Crippen LogP contribution in [-0.2, 0) is 64.3 Å². The summed E-state index contributed by atoms with van der Waals surface area (Å²) in [5.41, 5.74) is 0. The van der Waals surface area contributed by atoms with Crippen LogP contribution in [-0.4, -0.2) is 120 Å². The normalized spacial score (nSPS) is 6.73. The van der Waals surface area contributed by atoms with Gasteiger partial charge in [-0.05, 0) is 120 Å². The molecule has 0 aliphatic heterocycles. The molecule has 0 unspecified atom stereocenters. The summed E-state index contributed by atoms with van der Waals surface area (Å²) in [7, 11) is 2.28. The molecular formula is C21H54Co3O3P6. The van der Waals surface area contributed by atoms with E-state index in [4.69, 9.17) is 14.0 Å². The molecular weight excluding hydrogens is 663 g/mol. The van der Waals surface area contributed by atoms with Crippen molar-refractivity contribution < 1.29 is 64.3 Å². The van der Waals surface area contributed by atoms with Gasteiger partial charge in [0.05, 0.1) is 0 Å². The van der Waals surface area contributed by atoms with E-state index in [1.807, 2.05) is 0 Å². The Morgan fingerprint density at radius 2 is 0.242 bits per heavy atom. The summed E-state index contributed by atoms with van der Waals surface area (Å²) in [5.74, 6) is 0. The molecule has 12 heteroatoms. The van der Waals surface area contributed by atoms with E-state index in [0.717, 1.165) is 0 Å². The van der Waals surface area contributed by atoms with Gasteiger partial charge in [-0.3, -0.25) is 0 Å². The van der Waals surface area contributed by atoms with Gasteiger partial charge in [0.1, 0.15) is 0 Å². The fourth-order valence-electron chi connectivity index (χ4n) is 0. The minimum atomic E-state index is 0. The Kier molecular flexibility index (Phi) is 212. The van der Waals surface area contributed by atoms with Gasteiger partial charge in [0.2, 0.25) is 0 Å². The Balaban J connectivity index is -0.0000000151. The fourth-order valence-corrected chi connectivity index (χ4v) is 0. The Hall–Kier alpha value is 3.32. The third kappa shape index (κ3) is 3560. The van der Waals surface area contributed by atoms with Crippen LogP contribution in [0.15, 0.2) is 0 Å². The van der Waals surface area contributed by atoms with Gasteiger partial charge in [0.25, 0.3) is 0 Å². The molecule has 0 saturated heterocycles. The standard InChI is InChI=1S/6C3H9P.3CO.3Co/c6*1-4(2)3;3*1-2;;;/h6*1-3H3;;;;;;. The monoisotopic (exact) mass is 717 g/mol. The largest absolute Gasteiger partial charge is 0 e. The first-order valence-electron chi connectivity index (χ1n) is 8.66. The van der Waals surface area contributed by atoms with E-state index < -0.39 is 0 Å². The maximum atomic E-state index is 7.50. The van der Waals surface area contributed by atoms with Crippen molar-refractivity contribution in [3.05, 3.63) is 20.0 Å². The zero-order valence-electron chi connectivity index (χ0n) is 24.4. The van der Waals surface area contributed by atoms with Crippen molar-refractivity contribution in [2.45, 2.75) is 0 Å². The molecule has 0 fully saturated rings. The van der Waals surface area contributed by atoms with E-state index in [-0.39, 0.29) is 50.3 Å². The first-order valence-corrected chi connectivity index (χ1v) is 24.8. The zero-order chi connectivity index (χ0) is 27.5. The smallest absolute Gasteiger partial charge is 0 e. The van der Waals surface area contributed by atoms with E-state index in [1.165, 1.54) is 0 Å². The molecule has 0 N–H and O–H groups in total. The van der Waals surface area contributed by atoms with E-state index in [2.05, 4.69) is 140 Å². The first kappa shape index (κ1) is 76.6. The molecule has 33 heavy (non-hydrogen) atoms. The van der Waals surface area contributed by atoms with Crippen molar-refractivity contribution in [1.29, 1.82) is 0 Å². The second-order valence-electron chi connectivity index (χ2n) is 8.05. The molecule has 0 aliphatic carbocycles. The Labute approximate surface area is 250 Å². The van der Waals surface area contributed by atoms with Gasteiger partial charge < -0.3 is 0 Å². The molecule has 3 radical (unpaired) electrons. The van der Waals surface area contributed by atoms with Crippen LogP contribution < -0.4 is 0 Å². The summed E-state index contributed by atoms with van der Waals surface area (Å²) < 4.78 is 22.5. The topological polar surface area (TPSA) is 59.7 Å². The van der Waals surface area contributed by atoms with Crippen molar-refractivity contribution in [3.8, 4) is 0 Å². The summed E-state index contributed by atoms with van der Waals surface area (Å²) >= 11 is 0. The van der Waals surface area contributed by atoms with E-state index >= 15 is 0 Å². The second-order valence-corrected chi connectivity index (χ2v) is 24.1. The van der Waals surface area contributed by atoms with Crippen LogP contribution in [0.5, 0.6) is 0 Å². The minimum absolute atomic E-state index is 0. The molecule has 0 bridgehead atoms. The zero-order valence-corrected chi connectivity index (χ0v) is 32.9. The van der Waals surface area contributed by atoms with E-state index in [9.17, 15) is 0 Å². The molecule has 213 valence electrons. The van der Waals surface area contributed by atoms with Crippen LogP contribution >= 0.6 is 47.5 Å². The Bertz CT molecular complexity index is 202. The van der Waals surface area contributed by atoms with Crippen molar-refractivity contribution >= 4 is 47.5 Å².